The van der Waals surface area contributed by atoms with E-state index in [2.05, 4.69) is 21.2 Å². The van der Waals surface area contributed by atoms with Crippen molar-refractivity contribution in [3.8, 4) is 17.2 Å². The predicted molar refractivity (Wildman–Crippen MR) is 92.3 cm³/mol. The number of benzene rings is 2. The molecule has 2 aromatic carbocycles. The molecule has 0 heterocycles. The molecular weight excluding hydrogens is 362 g/mol. The fourth-order valence-electron chi connectivity index (χ4n) is 2.05. The molecule has 0 saturated heterocycles. The molecular formula is C17H18BrNO4. The molecule has 0 fully saturated rings. The lowest BCUT2D eigenvalue weighted by Crippen LogP contribution is -2.08. The van der Waals surface area contributed by atoms with Crippen LogP contribution in [0.25, 0.3) is 0 Å². The van der Waals surface area contributed by atoms with E-state index in [1.807, 2.05) is 24.3 Å². The van der Waals surface area contributed by atoms with E-state index in [9.17, 15) is 4.79 Å². The normalized spacial score (nSPS) is 10.1. The Morgan fingerprint density at radius 1 is 1.09 bits per heavy atom. The quantitative estimate of drug-likeness (QED) is 0.823. The topological polar surface area (TPSA) is 56.8 Å². The van der Waals surface area contributed by atoms with Crippen molar-refractivity contribution < 1.29 is 19.0 Å². The van der Waals surface area contributed by atoms with Gasteiger partial charge in [-0.3, -0.25) is 4.79 Å². The third kappa shape index (κ3) is 4.39. The van der Waals surface area contributed by atoms with Crippen LogP contribution in [0.5, 0.6) is 17.2 Å². The molecule has 0 saturated carbocycles. The van der Waals surface area contributed by atoms with Gasteiger partial charge < -0.3 is 19.5 Å². The Morgan fingerprint density at radius 2 is 1.74 bits per heavy atom. The first-order valence-electron chi connectivity index (χ1n) is 6.95. The Bertz CT molecular complexity index is 703. The fourth-order valence-corrected chi connectivity index (χ4v) is 2.48. The number of hydrogen-bond acceptors (Lipinski definition) is 4. The number of carbonyl (C=O) groups excluding carboxylic acids is 1. The Hall–Kier alpha value is -2.21. The van der Waals surface area contributed by atoms with E-state index in [0.29, 0.717) is 29.5 Å². The molecule has 0 radical (unpaired) electrons. The minimum absolute atomic E-state index is 0.145. The number of ether oxygens (including phenoxy) is 3. The Balaban J connectivity index is 2.20. The summed E-state index contributed by atoms with van der Waals surface area (Å²) in [7, 11) is 3.17. The van der Waals surface area contributed by atoms with E-state index in [-0.39, 0.29) is 5.91 Å². The molecule has 23 heavy (non-hydrogen) atoms. The zero-order valence-corrected chi connectivity index (χ0v) is 14.8. The first kappa shape index (κ1) is 17.1. The van der Waals surface area contributed by atoms with Crippen LogP contribution in [0.1, 0.15) is 12.5 Å². The molecule has 1 N–H and O–H groups in total. The minimum atomic E-state index is -0.145. The van der Waals surface area contributed by atoms with Gasteiger partial charge in [0.1, 0.15) is 12.4 Å². The summed E-state index contributed by atoms with van der Waals surface area (Å²) >= 11 is 3.50. The van der Waals surface area contributed by atoms with E-state index in [1.54, 1.807) is 26.4 Å². The van der Waals surface area contributed by atoms with Crippen LogP contribution in [0, 0.1) is 0 Å². The number of anilines is 1. The second-order valence-corrected chi connectivity index (χ2v) is 5.62. The monoisotopic (exact) mass is 379 g/mol. The van der Waals surface area contributed by atoms with E-state index in [1.165, 1.54) is 6.92 Å². The van der Waals surface area contributed by atoms with Crippen LogP contribution < -0.4 is 19.5 Å². The number of rotatable bonds is 6. The smallest absolute Gasteiger partial charge is 0.221 e. The van der Waals surface area contributed by atoms with E-state index >= 15 is 0 Å². The number of nitrogens with one attached hydrogen (secondary N) is 1. The van der Waals surface area contributed by atoms with Gasteiger partial charge in [0, 0.05) is 17.0 Å². The summed E-state index contributed by atoms with van der Waals surface area (Å²) in [5.74, 6) is 1.73. The summed E-state index contributed by atoms with van der Waals surface area (Å²) in [5.41, 5.74) is 1.54. The van der Waals surface area contributed by atoms with Crippen molar-refractivity contribution >= 4 is 27.5 Å². The van der Waals surface area contributed by atoms with Gasteiger partial charge in [-0.1, -0.05) is 28.1 Å². The predicted octanol–water partition coefficient (Wildman–Crippen LogP) is 4.00. The molecule has 5 nitrogen and oxygen atoms in total. The molecule has 0 aromatic heterocycles. The molecule has 2 aromatic rings. The summed E-state index contributed by atoms with van der Waals surface area (Å²) in [6.07, 6.45) is 0. The second kappa shape index (κ2) is 7.87. The highest BCUT2D eigenvalue weighted by atomic mass is 79.9. The number of carbonyl (C=O) groups is 1. The average molecular weight is 380 g/mol. The molecule has 0 unspecified atom stereocenters. The molecule has 1 amide bonds. The van der Waals surface area contributed by atoms with Gasteiger partial charge in [0.25, 0.3) is 0 Å². The van der Waals surface area contributed by atoms with Crippen molar-refractivity contribution in [3.05, 3.63) is 46.4 Å². The van der Waals surface area contributed by atoms with Crippen LogP contribution in [0.2, 0.25) is 0 Å². The summed E-state index contributed by atoms with van der Waals surface area (Å²) in [6.45, 7) is 1.78. The first-order valence-corrected chi connectivity index (χ1v) is 7.74. The van der Waals surface area contributed by atoms with Crippen LogP contribution in [0.3, 0.4) is 0 Å². The molecule has 6 heteroatoms. The van der Waals surface area contributed by atoms with Gasteiger partial charge in [-0.15, -0.1) is 0 Å². The number of para-hydroxylation sites is 2. The van der Waals surface area contributed by atoms with Crippen molar-refractivity contribution in [2.45, 2.75) is 13.5 Å². The highest BCUT2D eigenvalue weighted by Gasteiger charge is 2.11. The maximum atomic E-state index is 11.2. The van der Waals surface area contributed by atoms with Gasteiger partial charge in [0.2, 0.25) is 5.91 Å². The van der Waals surface area contributed by atoms with Gasteiger partial charge in [-0.2, -0.15) is 0 Å². The Labute approximate surface area is 143 Å². The van der Waals surface area contributed by atoms with Gasteiger partial charge in [-0.05, 0) is 24.3 Å². The van der Waals surface area contributed by atoms with E-state index < -0.39 is 0 Å². The SMILES string of the molecule is COc1cc(Br)c(COc2ccccc2NC(C)=O)cc1OC. The van der Waals surface area contributed by atoms with Crippen LogP contribution in [-0.2, 0) is 11.4 Å². The highest BCUT2D eigenvalue weighted by molar-refractivity contribution is 9.10. The van der Waals surface area contributed by atoms with Crippen LogP contribution in [-0.4, -0.2) is 20.1 Å². The summed E-state index contributed by atoms with van der Waals surface area (Å²) < 4.78 is 17.2. The summed E-state index contributed by atoms with van der Waals surface area (Å²) in [6, 6.07) is 11.0. The van der Waals surface area contributed by atoms with Gasteiger partial charge >= 0.3 is 0 Å². The van der Waals surface area contributed by atoms with E-state index in [4.69, 9.17) is 14.2 Å². The zero-order valence-electron chi connectivity index (χ0n) is 13.2. The molecule has 122 valence electrons. The lowest BCUT2D eigenvalue weighted by atomic mass is 10.2. The number of hydrogen-bond donors (Lipinski definition) is 1. The number of methoxy groups -OCH3 is 2. The maximum absolute atomic E-state index is 11.2. The third-order valence-corrected chi connectivity index (χ3v) is 3.87. The molecule has 0 aliphatic carbocycles. The number of halogens is 1. The maximum Gasteiger partial charge on any atom is 0.221 e. The van der Waals surface area contributed by atoms with Crippen LogP contribution in [0.15, 0.2) is 40.9 Å². The minimum Gasteiger partial charge on any atom is -0.493 e. The van der Waals surface area contributed by atoms with Gasteiger partial charge in [0.05, 0.1) is 19.9 Å². The standard InChI is InChI=1S/C17H18BrNO4/c1-11(20)19-14-6-4-5-7-15(14)23-10-12-8-16(21-2)17(22-3)9-13(12)18/h4-9H,10H2,1-3H3,(H,19,20). The molecule has 0 aliphatic heterocycles. The van der Waals surface area contributed by atoms with Crippen molar-refractivity contribution in [1.29, 1.82) is 0 Å². The fraction of sp³-hybridized carbons (Fsp3) is 0.235. The van der Waals surface area contributed by atoms with E-state index in [0.717, 1.165) is 10.0 Å². The average Bonchev–Trinajstić information content (AvgIpc) is 2.54. The Kier molecular flexibility index (Phi) is 5.87. The van der Waals surface area contributed by atoms with Gasteiger partial charge in [0.15, 0.2) is 11.5 Å². The summed E-state index contributed by atoms with van der Waals surface area (Å²) in [4.78, 5) is 11.2. The van der Waals surface area contributed by atoms with Crippen molar-refractivity contribution in [2.24, 2.45) is 0 Å². The van der Waals surface area contributed by atoms with Crippen LogP contribution >= 0.6 is 15.9 Å². The van der Waals surface area contributed by atoms with Crippen molar-refractivity contribution in [2.75, 3.05) is 19.5 Å². The highest BCUT2D eigenvalue weighted by Crippen LogP contribution is 2.34. The Morgan fingerprint density at radius 3 is 2.39 bits per heavy atom. The first-order chi connectivity index (χ1) is 11.0. The summed E-state index contributed by atoms with van der Waals surface area (Å²) in [5, 5.41) is 2.74. The largest absolute Gasteiger partial charge is 0.493 e. The lowest BCUT2D eigenvalue weighted by molar-refractivity contribution is -0.114. The van der Waals surface area contributed by atoms with Crippen LogP contribution in [0.4, 0.5) is 5.69 Å². The van der Waals surface area contributed by atoms with Crippen molar-refractivity contribution in [1.82, 2.24) is 0 Å². The van der Waals surface area contributed by atoms with Crippen molar-refractivity contribution in [3.63, 3.8) is 0 Å². The lowest BCUT2D eigenvalue weighted by Gasteiger charge is -2.14. The molecule has 0 bridgehead atoms. The molecule has 0 aliphatic rings. The molecule has 2 rings (SSSR count). The third-order valence-electron chi connectivity index (χ3n) is 3.13. The second-order valence-electron chi connectivity index (χ2n) is 4.76. The van der Waals surface area contributed by atoms with Gasteiger partial charge in [-0.25, -0.2) is 0 Å². The zero-order chi connectivity index (χ0) is 16.8. The molecule has 0 atom stereocenters. The number of amides is 1. The molecule has 0 spiro atoms.